The molecule has 0 saturated heterocycles. The highest BCUT2D eigenvalue weighted by Gasteiger charge is 2.11. The lowest BCUT2D eigenvalue weighted by atomic mass is 10.0. The highest BCUT2D eigenvalue weighted by Crippen LogP contribution is 2.23. The molecule has 1 unspecified atom stereocenters. The van der Waals surface area contributed by atoms with Gasteiger partial charge in [-0.25, -0.2) is 4.79 Å². The lowest BCUT2D eigenvalue weighted by Crippen LogP contribution is -2.19. The highest BCUT2D eigenvalue weighted by atomic mass is 16.5. The first-order valence-corrected chi connectivity index (χ1v) is 7.24. The fourth-order valence-electron chi connectivity index (χ4n) is 2.27. The van der Waals surface area contributed by atoms with Crippen LogP contribution in [-0.4, -0.2) is 29.4 Å². The van der Waals surface area contributed by atoms with E-state index in [1.165, 1.54) is 0 Å². The van der Waals surface area contributed by atoms with Crippen LogP contribution in [0.2, 0.25) is 0 Å². The van der Waals surface area contributed by atoms with Gasteiger partial charge in [-0.3, -0.25) is 0 Å². The first-order chi connectivity index (χ1) is 10.6. The number of aliphatic carboxylic acids is 1. The third-order valence-corrected chi connectivity index (χ3v) is 3.61. The Kier molecular flexibility index (Phi) is 5.55. The number of carbonyl (C=O) groups is 1. The Bertz CT molecular complexity index is 602. The molecule has 2 aromatic rings. The Morgan fingerprint density at radius 1 is 1.05 bits per heavy atom. The molecule has 1 atom stereocenters. The molecule has 0 spiro atoms. The maximum atomic E-state index is 10.5. The zero-order valence-electron chi connectivity index (χ0n) is 12.5. The van der Waals surface area contributed by atoms with E-state index in [0.717, 1.165) is 28.9 Å². The second-order valence-electron chi connectivity index (χ2n) is 5.17. The van der Waals surface area contributed by atoms with Gasteiger partial charge in [-0.1, -0.05) is 36.4 Å². The van der Waals surface area contributed by atoms with Gasteiger partial charge in [0.15, 0.2) is 6.10 Å². The van der Waals surface area contributed by atoms with Crippen molar-refractivity contribution < 1.29 is 19.7 Å². The van der Waals surface area contributed by atoms with Crippen molar-refractivity contribution in [2.24, 2.45) is 0 Å². The van der Waals surface area contributed by atoms with Crippen LogP contribution in [0.15, 0.2) is 48.5 Å². The van der Waals surface area contributed by atoms with Gasteiger partial charge in [0, 0.05) is 0 Å². The summed E-state index contributed by atoms with van der Waals surface area (Å²) in [4.78, 5) is 10.5. The lowest BCUT2D eigenvalue weighted by molar-refractivity contribution is -0.146. The smallest absolute Gasteiger partial charge is 0.332 e. The molecule has 0 aliphatic heterocycles. The molecule has 0 bridgehead atoms. The first-order valence-electron chi connectivity index (χ1n) is 7.24. The van der Waals surface area contributed by atoms with Crippen molar-refractivity contribution >= 4 is 5.97 Å². The number of hydrogen-bond acceptors (Lipinski definition) is 3. The second kappa shape index (κ2) is 7.61. The lowest BCUT2D eigenvalue weighted by Gasteiger charge is -2.07. The minimum absolute atomic E-state index is 0.273. The van der Waals surface area contributed by atoms with E-state index in [1.807, 2.05) is 48.5 Å². The average Bonchev–Trinajstić information content (AvgIpc) is 2.55. The van der Waals surface area contributed by atoms with Crippen LogP contribution in [0.25, 0.3) is 11.1 Å². The Hall–Kier alpha value is -2.33. The van der Waals surface area contributed by atoms with Gasteiger partial charge >= 0.3 is 5.97 Å². The van der Waals surface area contributed by atoms with E-state index in [1.54, 1.807) is 7.11 Å². The largest absolute Gasteiger partial charge is 0.497 e. The van der Waals surface area contributed by atoms with Gasteiger partial charge in [0.2, 0.25) is 0 Å². The molecule has 4 nitrogen and oxygen atoms in total. The number of aryl methyl sites for hydroxylation is 1. The van der Waals surface area contributed by atoms with E-state index < -0.39 is 12.1 Å². The van der Waals surface area contributed by atoms with E-state index in [4.69, 9.17) is 9.84 Å². The monoisotopic (exact) mass is 300 g/mol. The number of carboxylic acid groups (broad SMARTS) is 1. The summed E-state index contributed by atoms with van der Waals surface area (Å²) in [5, 5.41) is 17.9. The number of rotatable bonds is 7. The van der Waals surface area contributed by atoms with Gasteiger partial charge in [-0.2, -0.15) is 0 Å². The topological polar surface area (TPSA) is 66.8 Å². The Balaban J connectivity index is 1.93. The van der Waals surface area contributed by atoms with E-state index in [9.17, 15) is 9.90 Å². The molecule has 0 heterocycles. The van der Waals surface area contributed by atoms with Crippen LogP contribution in [0.3, 0.4) is 0 Å². The van der Waals surface area contributed by atoms with Crippen molar-refractivity contribution in [1.29, 1.82) is 0 Å². The van der Waals surface area contributed by atoms with Crippen molar-refractivity contribution in [3.8, 4) is 16.9 Å². The van der Waals surface area contributed by atoms with Crippen molar-refractivity contribution in [3.63, 3.8) is 0 Å². The summed E-state index contributed by atoms with van der Waals surface area (Å²) < 4.78 is 5.14. The van der Waals surface area contributed by atoms with Crippen LogP contribution in [0.4, 0.5) is 0 Å². The quantitative estimate of drug-likeness (QED) is 0.824. The predicted octanol–water partition coefficient (Wildman–Crippen LogP) is 3.13. The van der Waals surface area contributed by atoms with Crippen molar-refractivity contribution in [1.82, 2.24) is 0 Å². The summed E-state index contributed by atoms with van der Waals surface area (Å²) in [6, 6.07) is 16.0. The van der Waals surface area contributed by atoms with Gasteiger partial charge in [0.1, 0.15) is 5.75 Å². The summed E-state index contributed by atoms with van der Waals surface area (Å²) in [5.41, 5.74) is 3.38. The van der Waals surface area contributed by atoms with Crippen LogP contribution >= 0.6 is 0 Å². The van der Waals surface area contributed by atoms with Crippen molar-refractivity contribution in [2.75, 3.05) is 7.11 Å². The average molecular weight is 300 g/mol. The molecule has 0 amide bonds. The standard InChI is InChI=1S/C18H20O4/c1-22-16-11-9-15(10-12-16)14-7-5-13(6-8-14)3-2-4-17(19)18(20)21/h5-12,17,19H,2-4H2,1H3,(H,20,21). The fourth-order valence-corrected chi connectivity index (χ4v) is 2.27. The number of benzene rings is 2. The Morgan fingerprint density at radius 3 is 2.09 bits per heavy atom. The molecule has 0 saturated carbocycles. The number of ether oxygens (including phenoxy) is 1. The maximum Gasteiger partial charge on any atom is 0.332 e. The van der Waals surface area contributed by atoms with Crippen LogP contribution in [0, 0.1) is 0 Å². The molecule has 2 N–H and O–H groups in total. The van der Waals surface area contributed by atoms with Crippen LogP contribution < -0.4 is 4.74 Å². The molecule has 22 heavy (non-hydrogen) atoms. The van der Waals surface area contributed by atoms with E-state index >= 15 is 0 Å². The van der Waals surface area contributed by atoms with E-state index in [-0.39, 0.29) is 6.42 Å². The minimum Gasteiger partial charge on any atom is -0.497 e. The van der Waals surface area contributed by atoms with E-state index in [0.29, 0.717) is 6.42 Å². The van der Waals surface area contributed by atoms with Crippen molar-refractivity contribution in [3.05, 3.63) is 54.1 Å². The molecule has 0 radical (unpaired) electrons. The molecule has 4 heteroatoms. The highest BCUT2D eigenvalue weighted by molar-refractivity contribution is 5.71. The minimum atomic E-state index is -1.27. The number of carboxylic acids is 1. The Labute approximate surface area is 130 Å². The number of aliphatic hydroxyl groups is 1. The molecule has 116 valence electrons. The second-order valence-corrected chi connectivity index (χ2v) is 5.17. The van der Waals surface area contributed by atoms with Gasteiger partial charge in [0.05, 0.1) is 7.11 Å². The molecular formula is C18H20O4. The number of methoxy groups -OCH3 is 1. The van der Waals surface area contributed by atoms with Gasteiger partial charge in [-0.05, 0) is 48.1 Å². The summed E-state index contributed by atoms with van der Waals surface area (Å²) in [7, 11) is 1.64. The van der Waals surface area contributed by atoms with Crippen LogP contribution in [-0.2, 0) is 11.2 Å². The molecule has 0 aromatic heterocycles. The zero-order valence-corrected chi connectivity index (χ0v) is 12.5. The fraction of sp³-hybridized carbons (Fsp3) is 0.278. The summed E-state index contributed by atoms with van der Waals surface area (Å²) in [6.45, 7) is 0. The first kappa shape index (κ1) is 16.0. The van der Waals surface area contributed by atoms with Gasteiger partial charge in [0.25, 0.3) is 0 Å². The van der Waals surface area contributed by atoms with Crippen molar-refractivity contribution in [2.45, 2.75) is 25.4 Å². The molecule has 2 aromatic carbocycles. The normalized spacial score (nSPS) is 11.9. The molecular weight excluding hydrogens is 280 g/mol. The Morgan fingerprint density at radius 2 is 1.59 bits per heavy atom. The van der Waals surface area contributed by atoms with Gasteiger partial charge < -0.3 is 14.9 Å². The molecule has 2 rings (SSSR count). The number of hydrogen-bond donors (Lipinski definition) is 2. The van der Waals surface area contributed by atoms with Crippen LogP contribution in [0.1, 0.15) is 18.4 Å². The summed E-state index contributed by atoms with van der Waals surface area (Å²) in [5.74, 6) is -0.327. The molecule has 0 aliphatic carbocycles. The summed E-state index contributed by atoms with van der Waals surface area (Å²) >= 11 is 0. The molecule has 0 aliphatic rings. The third-order valence-electron chi connectivity index (χ3n) is 3.61. The SMILES string of the molecule is COc1ccc(-c2ccc(CCCC(O)C(=O)O)cc2)cc1. The summed E-state index contributed by atoms with van der Waals surface area (Å²) in [6.07, 6.45) is 0.414. The zero-order chi connectivity index (χ0) is 15.9. The third kappa shape index (κ3) is 4.33. The predicted molar refractivity (Wildman–Crippen MR) is 85.0 cm³/mol. The number of aliphatic hydroxyl groups excluding tert-OH is 1. The van der Waals surface area contributed by atoms with E-state index in [2.05, 4.69) is 0 Å². The molecule has 0 fully saturated rings. The van der Waals surface area contributed by atoms with Gasteiger partial charge in [-0.15, -0.1) is 0 Å². The maximum absolute atomic E-state index is 10.5. The van der Waals surface area contributed by atoms with Crippen LogP contribution in [0.5, 0.6) is 5.75 Å².